The van der Waals surface area contributed by atoms with Crippen molar-refractivity contribution in [1.29, 1.82) is 0 Å². The predicted molar refractivity (Wildman–Crippen MR) is 42.7 cm³/mol. The molecule has 0 unspecified atom stereocenters. The molecule has 6 nitrogen and oxygen atoms in total. The number of amides is 1. The number of carbonyl (C=O) groups is 2. The number of rotatable bonds is 4. The second-order valence-corrected chi connectivity index (χ2v) is 2.45. The topological polar surface area (TPSA) is 95.1 Å². The van der Waals surface area contributed by atoms with Crippen LogP contribution in [0.1, 0.15) is 12.0 Å². The molecule has 0 fully saturated rings. The van der Waals surface area contributed by atoms with Crippen LogP contribution in [-0.4, -0.2) is 27.2 Å². The van der Waals surface area contributed by atoms with Crippen LogP contribution in [0, 0.1) is 0 Å². The van der Waals surface area contributed by atoms with E-state index in [1.54, 1.807) is 12.4 Å². The van der Waals surface area contributed by atoms with Crippen molar-refractivity contribution in [3.63, 3.8) is 0 Å². The van der Waals surface area contributed by atoms with Gasteiger partial charge in [-0.3, -0.25) is 14.7 Å². The van der Waals surface area contributed by atoms with Crippen LogP contribution in [0.3, 0.4) is 0 Å². The number of H-pyrrole nitrogens is 1. The number of aliphatic carboxylic acids is 1. The monoisotopic (exact) mass is 183 g/mol. The molecule has 0 aliphatic carbocycles. The van der Waals surface area contributed by atoms with Gasteiger partial charge in [0.2, 0.25) is 5.91 Å². The van der Waals surface area contributed by atoms with Crippen LogP contribution in [0.5, 0.6) is 0 Å². The predicted octanol–water partition coefficient (Wildman–Crippen LogP) is -0.499. The summed E-state index contributed by atoms with van der Waals surface area (Å²) in [6.45, 7) is 0.294. The van der Waals surface area contributed by atoms with Gasteiger partial charge in [-0.05, 0) is 0 Å². The molecular weight excluding hydrogens is 174 g/mol. The Labute approximate surface area is 74.0 Å². The number of carbonyl (C=O) groups excluding carboxylic acids is 1. The first-order valence-electron chi connectivity index (χ1n) is 3.64. The lowest BCUT2D eigenvalue weighted by atomic mass is 10.3. The van der Waals surface area contributed by atoms with E-state index < -0.39 is 18.3 Å². The van der Waals surface area contributed by atoms with Gasteiger partial charge in [-0.15, -0.1) is 0 Å². The SMILES string of the molecule is O=C(O)CC(=O)NCc1cn[nH]c1. The van der Waals surface area contributed by atoms with Gasteiger partial charge in [0.15, 0.2) is 0 Å². The van der Waals surface area contributed by atoms with E-state index in [1.807, 2.05) is 0 Å². The zero-order valence-corrected chi connectivity index (χ0v) is 6.78. The maximum atomic E-state index is 10.8. The van der Waals surface area contributed by atoms with E-state index in [1.165, 1.54) is 0 Å². The summed E-state index contributed by atoms with van der Waals surface area (Å²) in [4.78, 5) is 20.9. The van der Waals surface area contributed by atoms with Gasteiger partial charge >= 0.3 is 5.97 Å². The van der Waals surface area contributed by atoms with Crippen molar-refractivity contribution in [3.8, 4) is 0 Å². The second-order valence-electron chi connectivity index (χ2n) is 2.45. The molecule has 0 atom stereocenters. The van der Waals surface area contributed by atoms with Gasteiger partial charge in [0.1, 0.15) is 6.42 Å². The molecule has 1 aromatic heterocycles. The fourth-order valence-electron chi connectivity index (χ4n) is 0.775. The number of hydrogen-bond donors (Lipinski definition) is 3. The van der Waals surface area contributed by atoms with Crippen LogP contribution >= 0.6 is 0 Å². The molecule has 0 radical (unpaired) electrons. The highest BCUT2D eigenvalue weighted by molar-refractivity contribution is 5.93. The number of nitrogens with one attached hydrogen (secondary N) is 2. The number of aromatic nitrogens is 2. The van der Waals surface area contributed by atoms with Crippen LogP contribution in [-0.2, 0) is 16.1 Å². The van der Waals surface area contributed by atoms with Crippen molar-refractivity contribution in [3.05, 3.63) is 18.0 Å². The summed E-state index contributed by atoms with van der Waals surface area (Å²) in [6.07, 6.45) is 2.68. The molecule has 1 aromatic rings. The normalized spacial score (nSPS) is 9.54. The molecule has 13 heavy (non-hydrogen) atoms. The van der Waals surface area contributed by atoms with Crippen LogP contribution in [0.4, 0.5) is 0 Å². The molecule has 0 spiro atoms. The third-order valence-electron chi connectivity index (χ3n) is 1.36. The Morgan fingerprint density at radius 1 is 1.62 bits per heavy atom. The van der Waals surface area contributed by atoms with Crippen LogP contribution in [0.2, 0.25) is 0 Å². The first-order valence-corrected chi connectivity index (χ1v) is 3.64. The number of carboxylic acid groups (broad SMARTS) is 1. The van der Waals surface area contributed by atoms with E-state index in [9.17, 15) is 9.59 Å². The molecule has 0 saturated heterocycles. The van der Waals surface area contributed by atoms with E-state index in [0.717, 1.165) is 5.56 Å². The minimum Gasteiger partial charge on any atom is -0.481 e. The van der Waals surface area contributed by atoms with Crippen LogP contribution in [0.15, 0.2) is 12.4 Å². The Morgan fingerprint density at radius 2 is 2.38 bits per heavy atom. The summed E-state index contributed by atoms with van der Waals surface area (Å²) in [6, 6.07) is 0. The lowest BCUT2D eigenvalue weighted by Crippen LogP contribution is -2.24. The Hall–Kier alpha value is -1.85. The smallest absolute Gasteiger partial charge is 0.312 e. The highest BCUT2D eigenvalue weighted by Crippen LogP contribution is 1.92. The van der Waals surface area contributed by atoms with Gasteiger partial charge < -0.3 is 10.4 Å². The zero-order valence-electron chi connectivity index (χ0n) is 6.78. The van der Waals surface area contributed by atoms with Crippen LogP contribution < -0.4 is 5.32 Å². The molecule has 1 heterocycles. The number of hydrogen-bond acceptors (Lipinski definition) is 3. The molecule has 1 amide bonds. The summed E-state index contributed by atoms with van der Waals surface area (Å²) in [5.74, 6) is -1.64. The molecule has 1 rings (SSSR count). The first kappa shape index (κ1) is 9.24. The summed E-state index contributed by atoms with van der Waals surface area (Å²) in [5.41, 5.74) is 0.804. The van der Waals surface area contributed by atoms with E-state index in [0.29, 0.717) is 6.54 Å². The maximum Gasteiger partial charge on any atom is 0.312 e. The van der Waals surface area contributed by atoms with Crippen LogP contribution in [0.25, 0.3) is 0 Å². The molecule has 0 aromatic carbocycles. The van der Waals surface area contributed by atoms with Gasteiger partial charge in [-0.2, -0.15) is 5.10 Å². The minimum absolute atomic E-state index is 0.294. The fourth-order valence-corrected chi connectivity index (χ4v) is 0.775. The van der Waals surface area contributed by atoms with Crippen molar-refractivity contribution < 1.29 is 14.7 Å². The third kappa shape index (κ3) is 3.37. The lowest BCUT2D eigenvalue weighted by Gasteiger charge is -1.99. The molecule has 70 valence electrons. The van der Waals surface area contributed by atoms with Gasteiger partial charge in [-0.1, -0.05) is 0 Å². The average Bonchev–Trinajstić information content (AvgIpc) is 2.51. The first-order chi connectivity index (χ1) is 6.18. The zero-order chi connectivity index (χ0) is 9.68. The fraction of sp³-hybridized carbons (Fsp3) is 0.286. The van der Waals surface area contributed by atoms with Crippen molar-refractivity contribution >= 4 is 11.9 Å². The number of carboxylic acids is 1. The largest absolute Gasteiger partial charge is 0.481 e. The molecule has 0 aliphatic heterocycles. The Kier molecular flexibility index (Phi) is 3.02. The Morgan fingerprint density at radius 3 is 2.92 bits per heavy atom. The highest BCUT2D eigenvalue weighted by Gasteiger charge is 2.06. The summed E-state index contributed by atoms with van der Waals surface area (Å²) < 4.78 is 0. The number of aromatic amines is 1. The average molecular weight is 183 g/mol. The van der Waals surface area contributed by atoms with Crippen molar-refractivity contribution in [1.82, 2.24) is 15.5 Å². The van der Waals surface area contributed by atoms with Crippen molar-refractivity contribution in [2.75, 3.05) is 0 Å². The van der Waals surface area contributed by atoms with Gasteiger partial charge in [0.05, 0.1) is 6.20 Å². The van der Waals surface area contributed by atoms with E-state index >= 15 is 0 Å². The molecule has 0 bridgehead atoms. The summed E-state index contributed by atoms with van der Waals surface area (Å²) in [5, 5.41) is 16.9. The minimum atomic E-state index is -1.13. The standard InChI is InChI=1S/C7H9N3O3/c11-6(1-7(12)13)8-2-5-3-9-10-4-5/h3-4H,1-2H2,(H,8,11)(H,9,10)(H,12,13). The summed E-state index contributed by atoms with van der Waals surface area (Å²) >= 11 is 0. The molecular formula is C7H9N3O3. The Bertz CT molecular complexity index is 294. The van der Waals surface area contributed by atoms with Crippen molar-refractivity contribution in [2.24, 2.45) is 0 Å². The number of nitrogens with zero attached hydrogens (tertiary/aromatic N) is 1. The lowest BCUT2D eigenvalue weighted by molar-refractivity contribution is -0.140. The van der Waals surface area contributed by atoms with Gasteiger partial charge in [0, 0.05) is 18.3 Å². The van der Waals surface area contributed by atoms with E-state index in [-0.39, 0.29) is 0 Å². The molecule has 6 heteroatoms. The molecule has 3 N–H and O–H groups in total. The second kappa shape index (κ2) is 4.24. The van der Waals surface area contributed by atoms with E-state index in [4.69, 9.17) is 5.11 Å². The highest BCUT2D eigenvalue weighted by atomic mass is 16.4. The third-order valence-corrected chi connectivity index (χ3v) is 1.36. The maximum absolute atomic E-state index is 10.8. The molecule has 0 saturated carbocycles. The van der Waals surface area contributed by atoms with E-state index in [2.05, 4.69) is 15.5 Å². The van der Waals surface area contributed by atoms with Crippen molar-refractivity contribution in [2.45, 2.75) is 13.0 Å². The Balaban J connectivity index is 2.27. The molecule has 0 aliphatic rings. The summed E-state index contributed by atoms with van der Waals surface area (Å²) in [7, 11) is 0. The quantitative estimate of drug-likeness (QED) is 0.548. The van der Waals surface area contributed by atoms with Gasteiger partial charge in [-0.25, -0.2) is 0 Å². The van der Waals surface area contributed by atoms with Gasteiger partial charge in [0.25, 0.3) is 0 Å².